The summed E-state index contributed by atoms with van der Waals surface area (Å²) in [5.74, 6) is 1.51. The monoisotopic (exact) mass is 448 g/mol. The molecule has 9 heteroatoms. The van der Waals surface area contributed by atoms with Gasteiger partial charge in [-0.3, -0.25) is 14.5 Å². The summed E-state index contributed by atoms with van der Waals surface area (Å²) in [6.45, 7) is 3.77. The first-order valence-electron chi connectivity index (χ1n) is 10.9. The van der Waals surface area contributed by atoms with Gasteiger partial charge in [0.1, 0.15) is 11.6 Å². The Morgan fingerprint density at radius 1 is 1.19 bits per heavy atom. The molecule has 2 amide bonds. The molecule has 2 aliphatic rings. The molecule has 32 heavy (non-hydrogen) atoms. The Bertz CT molecular complexity index is 1130. The van der Waals surface area contributed by atoms with E-state index in [1.54, 1.807) is 10.3 Å². The third-order valence-corrected chi connectivity index (χ3v) is 6.75. The first kappa shape index (κ1) is 20.7. The normalized spacial score (nSPS) is 18.2. The number of aromatic nitrogens is 4. The van der Waals surface area contributed by atoms with Crippen LogP contribution in [0.1, 0.15) is 51.9 Å². The SMILES string of the molecule is Cc1nc(C2CCN(C(=O)c3csnn3)C2)nc2c1CCC(=O)N2CCc1ccccc1. The van der Waals surface area contributed by atoms with Crippen molar-refractivity contribution in [3.05, 3.63) is 64.1 Å². The fourth-order valence-electron chi connectivity index (χ4n) is 4.48. The molecule has 164 valence electrons. The maximum atomic E-state index is 12.8. The Balaban J connectivity index is 1.37. The number of hydrogen-bond donors (Lipinski definition) is 0. The number of aryl methyl sites for hydroxylation is 1. The second-order valence-corrected chi connectivity index (χ2v) is 8.89. The summed E-state index contributed by atoms with van der Waals surface area (Å²) >= 11 is 1.17. The van der Waals surface area contributed by atoms with Crippen LogP contribution in [0.25, 0.3) is 0 Å². The number of likely N-dealkylation sites (tertiary alicyclic amines) is 1. The van der Waals surface area contributed by atoms with Gasteiger partial charge in [0.05, 0.1) is 0 Å². The van der Waals surface area contributed by atoms with Crippen molar-refractivity contribution in [2.24, 2.45) is 0 Å². The van der Waals surface area contributed by atoms with Gasteiger partial charge in [-0.2, -0.15) is 0 Å². The minimum absolute atomic E-state index is 0.0440. The van der Waals surface area contributed by atoms with Gasteiger partial charge in [0.25, 0.3) is 5.91 Å². The van der Waals surface area contributed by atoms with Gasteiger partial charge in [-0.05, 0) is 43.3 Å². The Kier molecular flexibility index (Phi) is 5.65. The van der Waals surface area contributed by atoms with Crippen LogP contribution in [0.2, 0.25) is 0 Å². The predicted molar refractivity (Wildman–Crippen MR) is 121 cm³/mol. The second kappa shape index (κ2) is 8.74. The molecule has 0 radical (unpaired) electrons. The molecule has 0 spiro atoms. The van der Waals surface area contributed by atoms with Gasteiger partial charge < -0.3 is 4.90 Å². The summed E-state index contributed by atoms with van der Waals surface area (Å²) in [5.41, 5.74) is 3.56. The lowest BCUT2D eigenvalue weighted by Gasteiger charge is -2.30. The maximum absolute atomic E-state index is 12.8. The van der Waals surface area contributed by atoms with Crippen LogP contribution < -0.4 is 4.90 Å². The highest BCUT2D eigenvalue weighted by atomic mass is 32.1. The molecule has 0 saturated carbocycles. The summed E-state index contributed by atoms with van der Waals surface area (Å²) in [5, 5.41) is 5.57. The van der Waals surface area contributed by atoms with Gasteiger partial charge in [-0.15, -0.1) is 5.10 Å². The highest BCUT2D eigenvalue weighted by molar-refractivity contribution is 7.03. The van der Waals surface area contributed by atoms with E-state index in [-0.39, 0.29) is 17.7 Å². The Labute approximate surface area is 190 Å². The average molecular weight is 449 g/mol. The van der Waals surface area contributed by atoms with Crippen molar-refractivity contribution in [3.63, 3.8) is 0 Å². The van der Waals surface area contributed by atoms with Crippen LogP contribution in [0, 0.1) is 6.92 Å². The zero-order valence-electron chi connectivity index (χ0n) is 17.9. The molecular formula is C23H24N6O2S. The number of carbonyl (C=O) groups is 2. The standard InChI is InChI=1S/C23H24N6O2S/c1-15-18-7-8-20(30)29(12-9-16-5-3-2-4-6-16)22(18)25-21(24-15)17-10-11-28(13-17)23(31)19-14-32-27-26-19/h2-6,14,17H,7-13H2,1H3. The van der Waals surface area contributed by atoms with Gasteiger partial charge >= 0.3 is 0 Å². The summed E-state index contributed by atoms with van der Waals surface area (Å²) in [6, 6.07) is 10.2. The number of nitrogens with zero attached hydrogens (tertiary/aromatic N) is 6. The fraction of sp³-hybridized carbons (Fsp3) is 0.391. The number of carbonyl (C=O) groups excluding carboxylic acids is 2. The summed E-state index contributed by atoms with van der Waals surface area (Å²) in [4.78, 5) is 38.7. The Morgan fingerprint density at radius 2 is 2.03 bits per heavy atom. The van der Waals surface area contributed by atoms with E-state index in [4.69, 9.17) is 9.97 Å². The predicted octanol–water partition coefficient (Wildman–Crippen LogP) is 2.79. The zero-order valence-corrected chi connectivity index (χ0v) is 18.7. The largest absolute Gasteiger partial charge is 0.336 e. The van der Waals surface area contributed by atoms with Crippen molar-refractivity contribution in [3.8, 4) is 0 Å². The van der Waals surface area contributed by atoms with Gasteiger partial charge in [-0.1, -0.05) is 34.8 Å². The zero-order chi connectivity index (χ0) is 22.1. The molecule has 1 atom stereocenters. The lowest BCUT2D eigenvalue weighted by Crippen LogP contribution is -2.38. The molecule has 2 aromatic heterocycles. The van der Waals surface area contributed by atoms with E-state index in [0.717, 1.165) is 29.9 Å². The van der Waals surface area contributed by atoms with E-state index in [9.17, 15) is 9.59 Å². The number of hydrogen-bond acceptors (Lipinski definition) is 7. The lowest BCUT2D eigenvalue weighted by molar-refractivity contribution is -0.118. The van der Waals surface area contributed by atoms with Crippen molar-refractivity contribution in [1.82, 2.24) is 24.5 Å². The minimum Gasteiger partial charge on any atom is -0.336 e. The smallest absolute Gasteiger partial charge is 0.275 e. The van der Waals surface area contributed by atoms with Crippen LogP contribution in [0.4, 0.5) is 5.82 Å². The molecule has 0 aliphatic carbocycles. The van der Waals surface area contributed by atoms with Gasteiger partial charge in [-0.25, -0.2) is 9.97 Å². The number of fused-ring (bicyclic) bond motifs is 1. The van der Waals surface area contributed by atoms with Crippen molar-refractivity contribution >= 4 is 29.2 Å². The van der Waals surface area contributed by atoms with Crippen LogP contribution in [-0.4, -0.2) is 55.9 Å². The maximum Gasteiger partial charge on any atom is 0.275 e. The second-order valence-electron chi connectivity index (χ2n) is 8.28. The third-order valence-electron chi connectivity index (χ3n) is 6.24. The molecule has 2 aliphatic heterocycles. The van der Waals surface area contributed by atoms with E-state index in [1.165, 1.54) is 17.1 Å². The lowest BCUT2D eigenvalue weighted by atomic mass is 10.0. The number of benzene rings is 1. The Morgan fingerprint density at radius 3 is 2.81 bits per heavy atom. The topological polar surface area (TPSA) is 92.2 Å². The van der Waals surface area contributed by atoms with Crippen molar-refractivity contribution in [2.75, 3.05) is 24.5 Å². The van der Waals surface area contributed by atoms with Gasteiger partial charge in [0, 0.05) is 48.6 Å². The number of anilines is 1. The molecular weight excluding hydrogens is 424 g/mol. The van der Waals surface area contributed by atoms with Crippen LogP contribution in [0.3, 0.4) is 0 Å². The molecule has 5 rings (SSSR count). The first-order valence-corrected chi connectivity index (χ1v) is 11.7. The third kappa shape index (κ3) is 4.00. The van der Waals surface area contributed by atoms with Gasteiger partial charge in [0.2, 0.25) is 5.91 Å². The summed E-state index contributed by atoms with van der Waals surface area (Å²) in [7, 11) is 0. The number of rotatable bonds is 5. The minimum atomic E-state index is -0.101. The van der Waals surface area contributed by atoms with E-state index < -0.39 is 0 Å². The van der Waals surface area contributed by atoms with Crippen molar-refractivity contribution < 1.29 is 9.59 Å². The van der Waals surface area contributed by atoms with Crippen LogP contribution in [0.15, 0.2) is 35.7 Å². The van der Waals surface area contributed by atoms with E-state index in [2.05, 4.69) is 21.7 Å². The van der Waals surface area contributed by atoms with Crippen LogP contribution in [0.5, 0.6) is 0 Å². The molecule has 4 heterocycles. The van der Waals surface area contributed by atoms with Crippen LogP contribution >= 0.6 is 11.5 Å². The highest BCUT2D eigenvalue weighted by Crippen LogP contribution is 2.32. The van der Waals surface area contributed by atoms with Gasteiger partial charge in [0.15, 0.2) is 5.69 Å². The van der Waals surface area contributed by atoms with E-state index in [1.807, 2.05) is 30.0 Å². The number of amides is 2. The van der Waals surface area contributed by atoms with E-state index in [0.29, 0.717) is 44.0 Å². The first-order chi connectivity index (χ1) is 15.6. The fourth-order valence-corrected chi connectivity index (χ4v) is 4.91. The van der Waals surface area contributed by atoms with Crippen molar-refractivity contribution in [1.29, 1.82) is 0 Å². The average Bonchev–Trinajstić information content (AvgIpc) is 3.51. The summed E-state index contributed by atoms with van der Waals surface area (Å²) < 4.78 is 3.79. The molecule has 1 aromatic carbocycles. The van der Waals surface area contributed by atoms with Crippen LogP contribution in [-0.2, 0) is 17.6 Å². The molecule has 0 bridgehead atoms. The molecule has 1 saturated heterocycles. The molecule has 0 N–H and O–H groups in total. The molecule has 8 nitrogen and oxygen atoms in total. The van der Waals surface area contributed by atoms with E-state index >= 15 is 0 Å². The molecule has 1 unspecified atom stereocenters. The summed E-state index contributed by atoms with van der Waals surface area (Å²) in [6.07, 6.45) is 2.73. The van der Waals surface area contributed by atoms with Crippen molar-refractivity contribution in [2.45, 2.75) is 38.5 Å². The quantitative estimate of drug-likeness (QED) is 0.596. The highest BCUT2D eigenvalue weighted by Gasteiger charge is 2.33. The Hall–Kier alpha value is -3.20. The molecule has 3 aromatic rings. The molecule has 1 fully saturated rings.